The van der Waals surface area contributed by atoms with E-state index in [1.807, 2.05) is 13.8 Å². The number of nitriles is 1. The fourth-order valence-electron chi connectivity index (χ4n) is 2.20. The van der Waals surface area contributed by atoms with Crippen LogP contribution in [0.25, 0.3) is 17.4 Å². The number of hydrogen-bond acceptors (Lipinski definition) is 6. The molecule has 1 heterocycles. The first-order valence-electron chi connectivity index (χ1n) is 8.61. The van der Waals surface area contributed by atoms with Gasteiger partial charge in [-0.25, -0.2) is 9.59 Å². The van der Waals surface area contributed by atoms with Crippen LogP contribution in [0.1, 0.15) is 36.9 Å². The Hall–Kier alpha value is -3.33. The Morgan fingerprint density at radius 2 is 2.00 bits per heavy atom. The standard InChI is InChI=1S/C21H21NO5/c1-4-25-21(24)17(12-22)11-18-8-9-19(27-18)15-6-5-7-16(10-15)20(23)26-13-14(2)3/h5-11,14H,4,13H2,1-3H3/b17-11+. The van der Waals surface area contributed by atoms with Gasteiger partial charge in [0.2, 0.25) is 0 Å². The molecule has 0 amide bonds. The third-order valence-corrected chi connectivity index (χ3v) is 3.46. The number of hydrogen-bond donors (Lipinski definition) is 0. The summed E-state index contributed by atoms with van der Waals surface area (Å²) in [6.07, 6.45) is 1.32. The van der Waals surface area contributed by atoms with Gasteiger partial charge in [0.1, 0.15) is 23.2 Å². The summed E-state index contributed by atoms with van der Waals surface area (Å²) in [4.78, 5) is 23.8. The highest BCUT2D eigenvalue weighted by Gasteiger charge is 2.13. The Kier molecular flexibility index (Phi) is 6.95. The number of carbonyl (C=O) groups excluding carboxylic acids is 2. The lowest BCUT2D eigenvalue weighted by Gasteiger charge is -2.07. The van der Waals surface area contributed by atoms with E-state index in [1.165, 1.54) is 6.08 Å². The summed E-state index contributed by atoms with van der Waals surface area (Å²) in [5.41, 5.74) is 0.956. The summed E-state index contributed by atoms with van der Waals surface area (Å²) >= 11 is 0. The molecule has 1 aromatic heterocycles. The van der Waals surface area contributed by atoms with E-state index in [4.69, 9.17) is 19.2 Å². The van der Waals surface area contributed by atoms with Gasteiger partial charge >= 0.3 is 11.9 Å². The van der Waals surface area contributed by atoms with E-state index in [9.17, 15) is 9.59 Å². The molecule has 0 atom stereocenters. The molecule has 1 aromatic carbocycles. The van der Waals surface area contributed by atoms with Crippen molar-refractivity contribution in [3.63, 3.8) is 0 Å². The molecule has 0 N–H and O–H groups in total. The van der Waals surface area contributed by atoms with Crippen LogP contribution in [0, 0.1) is 17.2 Å². The van der Waals surface area contributed by atoms with Gasteiger partial charge in [-0.05, 0) is 37.1 Å². The van der Waals surface area contributed by atoms with Crippen molar-refractivity contribution < 1.29 is 23.5 Å². The number of nitrogens with zero attached hydrogens (tertiary/aromatic N) is 1. The molecular weight excluding hydrogens is 346 g/mol. The number of rotatable bonds is 7. The summed E-state index contributed by atoms with van der Waals surface area (Å²) in [5, 5.41) is 9.08. The minimum absolute atomic E-state index is 0.149. The van der Waals surface area contributed by atoms with Crippen LogP contribution in [0.2, 0.25) is 0 Å². The first-order valence-corrected chi connectivity index (χ1v) is 8.61. The van der Waals surface area contributed by atoms with Crippen LogP contribution < -0.4 is 0 Å². The maximum absolute atomic E-state index is 12.1. The van der Waals surface area contributed by atoms with Gasteiger partial charge in [0.25, 0.3) is 0 Å². The second-order valence-corrected chi connectivity index (χ2v) is 6.17. The Morgan fingerprint density at radius 1 is 1.22 bits per heavy atom. The molecule has 6 heteroatoms. The molecule has 0 aliphatic heterocycles. The number of benzene rings is 1. The van der Waals surface area contributed by atoms with Crippen LogP contribution in [-0.2, 0) is 14.3 Å². The quantitative estimate of drug-likeness (QED) is 0.413. The Labute approximate surface area is 158 Å². The van der Waals surface area contributed by atoms with Crippen molar-refractivity contribution in [2.45, 2.75) is 20.8 Å². The molecule has 27 heavy (non-hydrogen) atoms. The largest absolute Gasteiger partial charge is 0.462 e. The van der Waals surface area contributed by atoms with E-state index < -0.39 is 11.9 Å². The van der Waals surface area contributed by atoms with Gasteiger partial charge in [-0.1, -0.05) is 26.0 Å². The van der Waals surface area contributed by atoms with E-state index in [0.29, 0.717) is 29.3 Å². The molecule has 140 valence electrons. The van der Waals surface area contributed by atoms with Gasteiger partial charge in [-0.3, -0.25) is 0 Å². The van der Waals surface area contributed by atoms with Crippen molar-refractivity contribution in [3.05, 3.63) is 53.3 Å². The van der Waals surface area contributed by atoms with Crippen LogP contribution in [0.5, 0.6) is 0 Å². The van der Waals surface area contributed by atoms with Gasteiger partial charge in [-0.2, -0.15) is 5.26 Å². The van der Waals surface area contributed by atoms with Crippen LogP contribution in [-0.4, -0.2) is 25.2 Å². The predicted octanol–water partition coefficient (Wildman–Crippen LogP) is 4.23. The van der Waals surface area contributed by atoms with Gasteiger partial charge in [0.15, 0.2) is 0 Å². The topological polar surface area (TPSA) is 89.5 Å². The lowest BCUT2D eigenvalue weighted by Crippen LogP contribution is -2.10. The van der Waals surface area contributed by atoms with E-state index in [-0.39, 0.29) is 18.1 Å². The maximum Gasteiger partial charge on any atom is 0.349 e. The predicted molar refractivity (Wildman–Crippen MR) is 99.5 cm³/mol. The Morgan fingerprint density at radius 3 is 2.67 bits per heavy atom. The third-order valence-electron chi connectivity index (χ3n) is 3.46. The second kappa shape index (κ2) is 9.39. The minimum atomic E-state index is -0.701. The van der Waals surface area contributed by atoms with Crippen LogP contribution >= 0.6 is 0 Å². The number of esters is 2. The van der Waals surface area contributed by atoms with Crippen molar-refractivity contribution in [1.29, 1.82) is 5.26 Å². The molecule has 0 saturated heterocycles. The zero-order valence-corrected chi connectivity index (χ0v) is 15.5. The lowest BCUT2D eigenvalue weighted by molar-refractivity contribution is -0.137. The van der Waals surface area contributed by atoms with Gasteiger partial charge in [-0.15, -0.1) is 0 Å². The number of furan rings is 1. The van der Waals surface area contributed by atoms with E-state index in [2.05, 4.69) is 0 Å². The van der Waals surface area contributed by atoms with Crippen LogP contribution in [0.4, 0.5) is 0 Å². The van der Waals surface area contributed by atoms with Crippen molar-refractivity contribution >= 4 is 18.0 Å². The summed E-state index contributed by atoms with van der Waals surface area (Å²) in [6.45, 7) is 6.13. The van der Waals surface area contributed by atoms with Crippen LogP contribution in [0.3, 0.4) is 0 Å². The van der Waals surface area contributed by atoms with Crippen molar-refractivity contribution in [1.82, 2.24) is 0 Å². The summed E-state index contributed by atoms with van der Waals surface area (Å²) in [7, 11) is 0. The normalized spacial score (nSPS) is 11.1. The minimum Gasteiger partial charge on any atom is -0.462 e. The third kappa shape index (κ3) is 5.58. The van der Waals surface area contributed by atoms with Crippen molar-refractivity contribution in [3.8, 4) is 17.4 Å². The molecule has 0 aliphatic carbocycles. The van der Waals surface area contributed by atoms with Gasteiger partial charge in [0, 0.05) is 11.6 Å². The fraction of sp³-hybridized carbons (Fsp3) is 0.286. The van der Waals surface area contributed by atoms with E-state index in [1.54, 1.807) is 49.4 Å². The van der Waals surface area contributed by atoms with Gasteiger partial charge in [0.05, 0.1) is 18.8 Å². The molecule has 2 aromatic rings. The highest BCUT2D eigenvalue weighted by molar-refractivity contribution is 5.97. The first kappa shape index (κ1) is 20.0. The van der Waals surface area contributed by atoms with Crippen molar-refractivity contribution in [2.75, 3.05) is 13.2 Å². The smallest absolute Gasteiger partial charge is 0.349 e. The van der Waals surface area contributed by atoms with E-state index in [0.717, 1.165) is 0 Å². The lowest BCUT2D eigenvalue weighted by atomic mass is 10.1. The molecule has 0 bridgehead atoms. The molecule has 0 radical (unpaired) electrons. The van der Waals surface area contributed by atoms with Crippen LogP contribution in [0.15, 0.2) is 46.4 Å². The zero-order valence-electron chi connectivity index (χ0n) is 15.5. The Balaban J connectivity index is 2.21. The summed E-state index contributed by atoms with van der Waals surface area (Å²) < 4.78 is 15.7. The highest BCUT2D eigenvalue weighted by atomic mass is 16.5. The van der Waals surface area contributed by atoms with Crippen molar-refractivity contribution in [2.24, 2.45) is 5.92 Å². The first-order chi connectivity index (χ1) is 12.9. The zero-order chi connectivity index (χ0) is 19.8. The second-order valence-electron chi connectivity index (χ2n) is 6.17. The number of carbonyl (C=O) groups is 2. The fourth-order valence-corrected chi connectivity index (χ4v) is 2.20. The average molecular weight is 367 g/mol. The monoisotopic (exact) mass is 367 g/mol. The number of ether oxygens (including phenoxy) is 2. The molecule has 0 saturated carbocycles. The molecule has 0 unspecified atom stereocenters. The van der Waals surface area contributed by atoms with Gasteiger partial charge < -0.3 is 13.9 Å². The average Bonchev–Trinajstić information content (AvgIpc) is 3.13. The molecule has 0 aliphatic rings. The SMILES string of the molecule is CCOC(=O)/C(C#N)=C/c1ccc(-c2cccc(C(=O)OCC(C)C)c2)o1. The molecular formula is C21H21NO5. The molecule has 6 nitrogen and oxygen atoms in total. The summed E-state index contributed by atoms with van der Waals surface area (Å²) in [6, 6.07) is 12.0. The molecule has 0 spiro atoms. The molecule has 2 rings (SSSR count). The molecule has 0 fully saturated rings. The highest BCUT2D eigenvalue weighted by Crippen LogP contribution is 2.25. The maximum atomic E-state index is 12.1. The Bertz CT molecular complexity index is 886. The van der Waals surface area contributed by atoms with E-state index >= 15 is 0 Å². The summed E-state index contributed by atoms with van der Waals surface area (Å²) in [5.74, 6) is -0.00673.